The number of nitrogens with zero attached hydrogens (tertiary/aromatic N) is 2. The summed E-state index contributed by atoms with van der Waals surface area (Å²) in [6, 6.07) is 5.43. The molecule has 1 aromatic heterocycles. The van der Waals surface area contributed by atoms with Crippen molar-refractivity contribution in [1.29, 1.82) is 0 Å². The average molecular weight is 256 g/mol. The van der Waals surface area contributed by atoms with Crippen LogP contribution >= 0.6 is 0 Å². The molecule has 0 N–H and O–H groups in total. The summed E-state index contributed by atoms with van der Waals surface area (Å²) in [6.45, 7) is -4.35. The molecular weight excluding hydrogens is 243 g/mol. The predicted molar refractivity (Wildman–Crippen MR) is 54.5 cm³/mol. The molecule has 84 valence electrons. The van der Waals surface area contributed by atoms with E-state index in [0.29, 0.717) is 13.0 Å². The molecular formula is C9H13BF3KN2. The Labute approximate surface area is 136 Å². The van der Waals surface area contributed by atoms with E-state index < -0.39 is 13.4 Å². The molecule has 0 aliphatic rings. The van der Waals surface area contributed by atoms with Crippen molar-refractivity contribution in [3.8, 4) is 0 Å². The van der Waals surface area contributed by atoms with Crippen molar-refractivity contribution < 1.29 is 64.3 Å². The van der Waals surface area contributed by atoms with Crippen LogP contribution in [0, 0.1) is 0 Å². The fourth-order valence-corrected chi connectivity index (χ4v) is 1.30. The third-order valence-electron chi connectivity index (χ3n) is 1.99. The number of rotatable bonds is 5. The number of likely N-dealkylation sites (N-methyl/N-ethyl adjacent to an activating group) is 1. The van der Waals surface area contributed by atoms with E-state index in [1.165, 1.54) is 11.9 Å². The predicted octanol–water partition coefficient (Wildman–Crippen LogP) is -1.05. The topological polar surface area (TPSA) is 16.1 Å². The van der Waals surface area contributed by atoms with E-state index in [9.17, 15) is 12.9 Å². The first-order chi connectivity index (χ1) is 6.97. The molecule has 0 aliphatic heterocycles. The molecule has 0 amide bonds. The molecule has 0 radical (unpaired) electrons. The summed E-state index contributed by atoms with van der Waals surface area (Å²) in [7, 11) is 1.47. The summed E-state index contributed by atoms with van der Waals surface area (Å²) in [4.78, 5) is 5.32. The van der Waals surface area contributed by atoms with Crippen LogP contribution in [0.1, 0.15) is 5.69 Å². The van der Waals surface area contributed by atoms with Crippen LogP contribution in [0.2, 0.25) is 0 Å². The fraction of sp³-hybridized carbons (Fsp3) is 0.444. The van der Waals surface area contributed by atoms with E-state index in [1.807, 2.05) is 12.1 Å². The molecule has 1 rings (SSSR count). The molecule has 0 saturated heterocycles. The molecule has 0 fully saturated rings. The molecule has 0 spiro atoms. The fourth-order valence-electron chi connectivity index (χ4n) is 1.30. The van der Waals surface area contributed by atoms with Crippen molar-refractivity contribution in [3.05, 3.63) is 30.1 Å². The van der Waals surface area contributed by atoms with Gasteiger partial charge in [-0.25, -0.2) is 0 Å². The van der Waals surface area contributed by atoms with Crippen LogP contribution in [0.25, 0.3) is 0 Å². The van der Waals surface area contributed by atoms with Gasteiger partial charge in [-0.2, -0.15) is 0 Å². The second kappa shape index (κ2) is 7.84. The van der Waals surface area contributed by atoms with E-state index in [0.717, 1.165) is 5.69 Å². The summed E-state index contributed by atoms with van der Waals surface area (Å²) >= 11 is 0. The van der Waals surface area contributed by atoms with E-state index >= 15 is 0 Å². The maximum Gasteiger partial charge on any atom is 1.00 e. The van der Waals surface area contributed by atoms with Gasteiger partial charge in [-0.05, 0) is 25.6 Å². The van der Waals surface area contributed by atoms with Crippen molar-refractivity contribution in [2.45, 2.75) is 6.42 Å². The SMILES string of the molecule is CN(CCc1ccccn1)C[B-](F)(F)F.[K+]. The Morgan fingerprint density at radius 2 is 2.00 bits per heavy atom. The van der Waals surface area contributed by atoms with Crippen LogP contribution in [0.5, 0.6) is 0 Å². The zero-order valence-corrected chi connectivity index (χ0v) is 12.7. The van der Waals surface area contributed by atoms with Gasteiger partial charge in [0.25, 0.3) is 0 Å². The Balaban J connectivity index is 0.00000225. The van der Waals surface area contributed by atoms with Gasteiger partial charge in [0.1, 0.15) is 0 Å². The standard InChI is InChI=1S/C9H13BF3N2.K/c1-15(8-10(11,12)13)7-5-9-4-2-3-6-14-9;/h2-4,6H,5,7-8H2,1H3;/q-1;+1. The molecule has 1 aromatic rings. The van der Waals surface area contributed by atoms with Gasteiger partial charge < -0.3 is 17.8 Å². The molecule has 0 unspecified atom stereocenters. The smallest absolute Gasteiger partial charge is 0.448 e. The van der Waals surface area contributed by atoms with Crippen molar-refractivity contribution in [2.24, 2.45) is 0 Å². The van der Waals surface area contributed by atoms with Gasteiger partial charge in [-0.1, -0.05) is 6.07 Å². The number of pyridine rings is 1. The summed E-state index contributed by atoms with van der Waals surface area (Å²) in [5.74, 6) is 0. The molecule has 7 heteroatoms. The Morgan fingerprint density at radius 3 is 2.50 bits per heavy atom. The van der Waals surface area contributed by atoms with Crippen LogP contribution in [-0.4, -0.2) is 36.9 Å². The number of aromatic nitrogens is 1. The third-order valence-corrected chi connectivity index (χ3v) is 1.99. The van der Waals surface area contributed by atoms with Crippen LogP contribution in [0.15, 0.2) is 24.4 Å². The van der Waals surface area contributed by atoms with Gasteiger partial charge in [-0.15, -0.1) is 0 Å². The minimum Gasteiger partial charge on any atom is -0.448 e. The van der Waals surface area contributed by atoms with Crippen LogP contribution in [0.4, 0.5) is 12.9 Å². The Bertz CT molecular complexity index is 295. The summed E-state index contributed by atoms with van der Waals surface area (Å²) in [5, 5.41) is 0. The van der Waals surface area contributed by atoms with Crippen molar-refractivity contribution in [2.75, 3.05) is 20.0 Å². The van der Waals surface area contributed by atoms with E-state index in [2.05, 4.69) is 4.98 Å². The van der Waals surface area contributed by atoms with Crippen LogP contribution < -0.4 is 51.4 Å². The number of hydrogen-bond donors (Lipinski definition) is 0. The molecule has 2 nitrogen and oxygen atoms in total. The van der Waals surface area contributed by atoms with Crippen LogP contribution in [0.3, 0.4) is 0 Å². The Kier molecular flexibility index (Phi) is 8.13. The normalized spacial score (nSPS) is 11.3. The second-order valence-electron chi connectivity index (χ2n) is 3.54. The second-order valence-corrected chi connectivity index (χ2v) is 3.54. The Morgan fingerprint density at radius 1 is 1.31 bits per heavy atom. The van der Waals surface area contributed by atoms with Gasteiger partial charge >= 0.3 is 58.4 Å². The quantitative estimate of drug-likeness (QED) is 0.625. The number of halogens is 3. The summed E-state index contributed by atoms with van der Waals surface area (Å²) in [6.07, 6.45) is 1.37. The zero-order chi connectivity index (χ0) is 11.3. The first-order valence-electron chi connectivity index (χ1n) is 4.77. The van der Waals surface area contributed by atoms with Gasteiger partial charge in [0, 0.05) is 24.9 Å². The van der Waals surface area contributed by atoms with Crippen LogP contribution in [-0.2, 0) is 6.42 Å². The van der Waals surface area contributed by atoms with E-state index in [4.69, 9.17) is 0 Å². The van der Waals surface area contributed by atoms with Gasteiger partial charge in [0.15, 0.2) is 0 Å². The molecule has 16 heavy (non-hydrogen) atoms. The van der Waals surface area contributed by atoms with E-state index in [-0.39, 0.29) is 51.4 Å². The molecule has 0 bridgehead atoms. The first-order valence-corrected chi connectivity index (χ1v) is 4.77. The monoisotopic (exact) mass is 256 g/mol. The van der Waals surface area contributed by atoms with Crippen molar-refractivity contribution in [1.82, 2.24) is 9.88 Å². The van der Waals surface area contributed by atoms with Crippen molar-refractivity contribution in [3.63, 3.8) is 0 Å². The maximum absolute atomic E-state index is 12.0. The summed E-state index contributed by atoms with van der Waals surface area (Å²) in [5.41, 5.74) is 0.819. The molecule has 1 heterocycles. The third kappa shape index (κ3) is 7.81. The van der Waals surface area contributed by atoms with Crippen molar-refractivity contribution >= 4 is 6.98 Å². The first kappa shape index (κ1) is 16.6. The zero-order valence-electron chi connectivity index (χ0n) is 9.54. The maximum atomic E-state index is 12.0. The van der Waals surface area contributed by atoms with Gasteiger partial charge in [0.2, 0.25) is 0 Å². The van der Waals surface area contributed by atoms with Gasteiger partial charge in [0.05, 0.1) is 0 Å². The largest absolute Gasteiger partial charge is 1.00 e. The minimum absolute atomic E-state index is 0. The molecule has 0 aliphatic carbocycles. The Hall–Kier alpha value is 0.601. The average Bonchev–Trinajstić information content (AvgIpc) is 2.14. The van der Waals surface area contributed by atoms with E-state index in [1.54, 1.807) is 12.3 Å². The molecule has 0 saturated carbocycles. The number of hydrogen-bond acceptors (Lipinski definition) is 2. The van der Waals surface area contributed by atoms with Gasteiger partial charge in [-0.3, -0.25) is 4.98 Å². The molecule has 0 atom stereocenters. The summed E-state index contributed by atoms with van der Waals surface area (Å²) < 4.78 is 36.1. The molecule has 0 aromatic carbocycles. The minimum atomic E-state index is -4.72.